The monoisotopic (exact) mass is 567 g/mol. The maximum atomic E-state index is 14.4. The van der Waals surface area contributed by atoms with Crippen LogP contribution in [-0.4, -0.2) is 46.3 Å². The van der Waals surface area contributed by atoms with Crippen LogP contribution in [0.2, 0.25) is 0 Å². The second kappa shape index (κ2) is 12.1. The van der Waals surface area contributed by atoms with E-state index in [0.717, 1.165) is 18.4 Å². The van der Waals surface area contributed by atoms with Crippen molar-refractivity contribution in [2.24, 2.45) is 5.41 Å². The number of aryl methyl sites for hydroxylation is 1. The Morgan fingerprint density at radius 3 is 2.34 bits per heavy atom. The first kappa shape index (κ1) is 30.4. The van der Waals surface area contributed by atoms with Gasteiger partial charge in [0, 0.05) is 48.1 Å². The maximum absolute atomic E-state index is 14.4. The molecule has 0 radical (unpaired) electrons. The molecule has 41 heavy (non-hydrogen) atoms. The second-order valence-electron chi connectivity index (χ2n) is 12.3. The Bertz CT molecular complexity index is 1380. The average Bonchev–Trinajstić information content (AvgIpc) is 2.88. The lowest BCUT2D eigenvalue weighted by Crippen LogP contribution is -2.39. The summed E-state index contributed by atoms with van der Waals surface area (Å²) in [6, 6.07) is 8.95. The van der Waals surface area contributed by atoms with Crippen molar-refractivity contribution in [1.29, 1.82) is 0 Å². The van der Waals surface area contributed by atoms with E-state index in [-0.39, 0.29) is 23.7 Å². The Morgan fingerprint density at radius 2 is 1.73 bits per heavy atom. The van der Waals surface area contributed by atoms with Crippen LogP contribution in [0.25, 0.3) is 11.1 Å². The molecule has 3 aromatic rings. The van der Waals surface area contributed by atoms with Crippen LogP contribution >= 0.6 is 0 Å². The summed E-state index contributed by atoms with van der Waals surface area (Å²) >= 11 is 0. The van der Waals surface area contributed by atoms with Gasteiger partial charge < -0.3 is 19.5 Å². The van der Waals surface area contributed by atoms with Gasteiger partial charge in [-0.25, -0.2) is 9.18 Å². The summed E-state index contributed by atoms with van der Waals surface area (Å²) in [5.41, 5.74) is 3.06. The molecule has 1 saturated heterocycles. The molecule has 0 amide bonds. The fourth-order valence-corrected chi connectivity index (χ4v) is 5.03. The molecule has 1 aliphatic rings. The average molecular weight is 568 g/mol. The van der Waals surface area contributed by atoms with Crippen LogP contribution in [0.3, 0.4) is 0 Å². The predicted molar refractivity (Wildman–Crippen MR) is 154 cm³/mol. The van der Waals surface area contributed by atoms with E-state index in [1.54, 1.807) is 31.3 Å². The molecule has 1 atom stereocenters. The molecule has 1 aliphatic heterocycles. The first-order chi connectivity index (χ1) is 19.2. The molecule has 1 fully saturated rings. The minimum Gasteiger partial charge on any atom is -0.479 e. The molecule has 7 nitrogen and oxygen atoms in total. The molecule has 0 spiro atoms. The van der Waals surface area contributed by atoms with Gasteiger partial charge >= 0.3 is 5.97 Å². The Hall–Kier alpha value is -3.59. The zero-order valence-corrected chi connectivity index (χ0v) is 24.6. The second-order valence-corrected chi connectivity index (χ2v) is 12.3. The number of carboxylic acids is 1. The van der Waals surface area contributed by atoms with Crippen LogP contribution in [0.15, 0.2) is 42.6 Å². The molecule has 1 N–H and O–H groups in total. The van der Waals surface area contributed by atoms with Crippen molar-refractivity contribution < 1.29 is 28.2 Å². The molecule has 2 aromatic heterocycles. The summed E-state index contributed by atoms with van der Waals surface area (Å²) in [7, 11) is 0. The number of halogens is 2. The van der Waals surface area contributed by atoms with Gasteiger partial charge in [0.25, 0.3) is 0 Å². The van der Waals surface area contributed by atoms with E-state index < -0.39 is 23.6 Å². The van der Waals surface area contributed by atoms with Gasteiger partial charge in [0.15, 0.2) is 6.10 Å². The third-order valence-corrected chi connectivity index (χ3v) is 7.34. The fraction of sp³-hybridized carbons (Fsp3) is 0.469. The summed E-state index contributed by atoms with van der Waals surface area (Å²) in [6.07, 6.45) is 2.68. The van der Waals surface area contributed by atoms with E-state index in [1.165, 1.54) is 18.2 Å². The molecule has 1 aromatic carbocycles. The van der Waals surface area contributed by atoms with E-state index in [9.17, 15) is 18.7 Å². The predicted octanol–water partition coefficient (Wildman–Crippen LogP) is 6.92. The number of carboxylic acid groups (broad SMARTS) is 1. The van der Waals surface area contributed by atoms with Crippen LogP contribution < -0.4 is 9.64 Å². The normalized spacial score (nSPS) is 16.0. The van der Waals surface area contributed by atoms with Crippen molar-refractivity contribution >= 4 is 11.7 Å². The van der Waals surface area contributed by atoms with E-state index in [2.05, 4.69) is 28.7 Å². The summed E-state index contributed by atoms with van der Waals surface area (Å²) in [5, 5.41) is 10.3. The number of aromatic nitrogens is 2. The number of hydrogen-bond donors (Lipinski definition) is 1. The number of pyridine rings is 2. The molecule has 4 rings (SSSR count). The summed E-state index contributed by atoms with van der Waals surface area (Å²) in [4.78, 5) is 23.5. The van der Waals surface area contributed by atoms with E-state index in [4.69, 9.17) is 9.47 Å². The summed E-state index contributed by atoms with van der Waals surface area (Å²) in [5.74, 6) is -2.07. The van der Waals surface area contributed by atoms with Crippen LogP contribution in [-0.2, 0) is 16.0 Å². The minimum absolute atomic E-state index is 0.0749. The molecule has 220 valence electrons. The molecule has 3 heterocycles. The van der Waals surface area contributed by atoms with Gasteiger partial charge in [-0.15, -0.1) is 0 Å². The Balaban J connectivity index is 1.82. The Labute approximate surface area is 240 Å². The number of ether oxygens (including phenoxy) is 2. The summed E-state index contributed by atoms with van der Waals surface area (Å²) in [6.45, 7) is 13.3. The standard InChI is InChI=1S/C32H39F2N3O4/c1-20-26(28(30(38)39)41-31(2,3)4)27(37-16-14-32(5,6)15-17-37)24(19-35-20)23-11-12-25(34)36-29(23)40-18-13-21-7-9-22(33)10-8-21/h7-12,19,28H,13-18H2,1-6H3,(H,38,39). The highest BCUT2D eigenvalue weighted by Crippen LogP contribution is 2.45. The van der Waals surface area contributed by atoms with Crippen molar-refractivity contribution in [3.05, 3.63) is 71.2 Å². The SMILES string of the molecule is Cc1ncc(-c2ccc(F)nc2OCCc2ccc(F)cc2)c(N2CCC(C)(C)CC2)c1C(OC(C)(C)C)C(=O)O. The third-order valence-electron chi connectivity index (χ3n) is 7.34. The van der Waals surface area contributed by atoms with Gasteiger partial charge in [-0.05, 0) is 75.8 Å². The first-order valence-corrected chi connectivity index (χ1v) is 13.9. The number of rotatable bonds is 9. The van der Waals surface area contributed by atoms with Crippen molar-refractivity contribution in [1.82, 2.24) is 9.97 Å². The van der Waals surface area contributed by atoms with Gasteiger partial charge in [-0.3, -0.25) is 4.98 Å². The van der Waals surface area contributed by atoms with E-state index in [0.29, 0.717) is 47.6 Å². The molecule has 9 heteroatoms. The maximum Gasteiger partial charge on any atom is 0.337 e. The van der Waals surface area contributed by atoms with E-state index in [1.807, 2.05) is 20.8 Å². The highest BCUT2D eigenvalue weighted by molar-refractivity contribution is 5.87. The molecule has 0 aliphatic carbocycles. The minimum atomic E-state index is -1.27. The van der Waals surface area contributed by atoms with Gasteiger partial charge in [0.2, 0.25) is 11.8 Å². The third kappa shape index (κ3) is 7.58. The van der Waals surface area contributed by atoms with Crippen molar-refractivity contribution in [3.8, 4) is 17.0 Å². The number of nitrogens with zero attached hydrogens (tertiary/aromatic N) is 3. The summed E-state index contributed by atoms with van der Waals surface area (Å²) < 4.78 is 39.8. The quantitative estimate of drug-likeness (QED) is 0.281. The zero-order valence-electron chi connectivity index (χ0n) is 24.6. The zero-order chi connectivity index (χ0) is 29.9. The van der Waals surface area contributed by atoms with Crippen LogP contribution in [0, 0.1) is 24.1 Å². The highest BCUT2D eigenvalue weighted by atomic mass is 19.1. The highest BCUT2D eigenvalue weighted by Gasteiger charge is 2.36. The first-order valence-electron chi connectivity index (χ1n) is 13.9. The number of hydrogen-bond acceptors (Lipinski definition) is 6. The Morgan fingerprint density at radius 1 is 1.07 bits per heavy atom. The number of carbonyl (C=O) groups is 1. The van der Waals surface area contributed by atoms with Gasteiger partial charge in [-0.2, -0.15) is 9.37 Å². The Kier molecular flexibility index (Phi) is 8.97. The lowest BCUT2D eigenvalue weighted by Gasteiger charge is -2.41. The van der Waals surface area contributed by atoms with Crippen molar-refractivity contribution in [2.45, 2.75) is 72.5 Å². The molecular weight excluding hydrogens is 528 g/mol. The number of benzene rings is 1. The smallest absolute Gasteiger partial charge is 0.337 e. The van der Waals surface area contributed by atoms with Crippen LogP contribution in [0.5, 0.6) is 5.88 Å². The van der Waals surface area contributed by atoms with Crippen LogP contribution in [0.4, 0.5) is 14.5 Å². The number of anilines is 1. The van der Waals surface area contributed by atoms with Crippen LogP contribution in [0.1, 0.15) is 70.4 Å². The molecule has 1 unspecified atom stereocenters. The lowest BCUT2D eigenvalue weighted by molar-refractivity contribution is -0.160. The van der Waals surface area contributed by atoms with Crippen molar-refractivity contribution in [2.75, 3.05) is 24.6 Å². The lowest BCUT2D eigenvalue weighted by atomic mass is 9.82. The van der Waals surface area contributed by atoms with Crippen molar-refractivity contribution in [3.63, 3.8) is 0 Å². The number of piperidine rings is 1. The van der Waals surface area contributed by atoms with E-state index >= 15 is 0 Å². The topological polar surface area (TPSA) is 84.8 Å². The largest absolute Gasteiger partial charge is 0.479 e. The van der Waals surface area contributed by atoms with Gasteiger partial charge in [0.1, 0.15) is 5.82 Å². The molecular formula is C32H39F2N3O4. The van der Waals surface area contributed by atoms with Gasteiger partial charge in [0.05, 0.1) is 17.9 Å². The molecule has 0 bridgehead atoms. The van der Waals surface area contributed by atoms with Gasteiger partial charge in [-0.1, -0.05) is 26.0 Å². The molecule has 0 saturated carbocycles. The fourth-order valence-electron chi connectivity index (χ4n) is 5.03. The number of aliphatic carboxylic acids is 1.